The predicted octanol–water partition coefficient (Wildman–Crippen LogP) is 2.91. The summed E-state index contributed by atoms with van der Waals surface area (Å²) in [5, 5.41) is 10.9. The fraction of sp³-hybridized carbons (Fsp3) is 0.385. The van der Waals surface area contributed by atoms with E-state index in [0.29, 0.717) is 11.3 Å². The van der Waals surface area contributed by atoms with Crippen LogP contribution in [-0.4, -0.2) is 30.0 Å². The van der Waals surface area contributed by atoms with Gasteiger partial charge in [-0.05, 0) is 38.3 Å². The molecule has 0 saturated carbocycles. The minimum atomic E-state index is -0.394. The average molecular weight is 250 g/mol. The van der Waals surface area contributed by atoms with Gasteiger partial charge in [0.25, 0.3) is 5.69 Å². The standard InChI is InChI=1S/C13H18N2O3/c1-10(2)18-12-5-6-13(15(16)17)11(9-12)7-8-14(3)4/h5-10H,1-4H3/b8-7+. The maximum absolute atomic E-state index is 10.9. The molecule has 0 unspecified atom stereocenters. The number of nitrogens with zero attached hydrogens (tertiary/aromatic N) is 2. The highest BCUT2D eigenvalue weighted by Gasteiger charge is 2.12. The molecule has 1 aromatic carbocycles. The number of hydrogen-bond acceptors (Lipinski definition) is 4. The van der Waals surface area contributed by atoms with Crippen molar-refractivity contribution in [3.8, 4) is 5.75 Å². The van der Waals surface area contributed by atoms with Crippen molar-refractivity contribution in [3.63, 3.8) is 0 Å². The second-order valence-corrected chi connectivity index (χ2v) is 4.42. The van der Waals surface area contributed by atoms with Crippen LogP contribution in [0.4, 0.5) is 5.69 Å². The molecule has 5 nitrogen and oxygen atoms in total. The lowest BCUT2D eigenvalue weighted by molar-refractivity contribution is -0.385. The van der Waals surface area contributed by atoms with Crippen LogP contribution in [0.3, 0.4) is 0 Å². The Bertz CT molecular complexity index is 454. The molecule has 0 saturated heterocycles. The third-order valence-corrected chi connectivity index (χ3v) is 2.12. The summed E-state index contributed by atoms with van der Waals surface area (Å²) in [7, 11) is 3.72. The van der Waals surface area contributed by atoms with Crippen molar-refractivity contribution in [2.24, 2.45) is 0 Å². The molecule has 18 heavy (non-hydrogen) atoms. The van der Waals surface area contributed by atoms with Gasteiger partial charge in [-0.25, -0.2) is 0 Å². The first-order chi connectivity index (χ1) is 8.40. The molecule has 0 aliphatic heterocycles. The van der Waals surface area contributed by atoms with E-state index >= 15 is 0 Å². The molecule has 0 N–H and O–H groups in total. The lowest BCUT2D eigenvalue weighted by atomic mass is 10.1. The predicted molar refractivity (Wildman–Crippen MR) is 71.6 cm³/mol. The van der Waals surface area contributed by atoms with Gasteiger partial charge in [0.05, 0.1) is 16.6 Å². The molecule has 0 atom stereocenters. The van der Waals surface area contributed by atoms with Crippen molar-refractivity contribution in [2.45, 2.75) is 20.0 Å². The Morgan fingerprint density at radius 2 is 2.06 bits per heavy atom. The molecule has 0 aliphatic carbocycles. The van der Waals surface area contributed by atoms with Crippen LogP contribution in [0.25, 0.3) is 6.08 Å². The Labute approximate surface area is 107 Å². The topological polar surface area (TPSA) is 55.6 Å². The van der Waals surface area contributed by atoms with Gasteiger partial charge in [-0.2, -0.15) is 0 Å². The van der Waals surface area contributed by atoms with Crippen LogP contribution in [0, 0.1) is 10.1 Å². The van der Waals surface area contributed by atoms with E-state index < -0.39 is 4.92 Å². The van der Waals surface area contributed by atoms with Crippen molar-refractivity contribution >= 4 is 11.8 Å². The van der Waals surface area contributed by atoms with Crippen molar-refractivity contribution in [3.05, 3.63) is 40.1 Å². The highest BCUT2D eigenvalue weighted by Crippen LogP contribution is 2.26. The van der Waals surface area contributed by atoms with Crippen LogP contribution in [0.5, 0.6) is 5.75 Å². The number of nitro benzene ring substituents is 1. The molecule has 0 aliphatic rings. The molecule has 1 aromatic rings. The van der Waals surface area contributed by atoms with Crippen molar-refractivity contribution in [1.82, 2.24) is 4.90 Å². The molecule has 0 aromatic heterocycles. The summed E-state index contributed by atoms with van der Waals surface area (Å²) < 4.78 is 5.53. The summed E-state index contributed by atoms with van der Waals surface area (Å²) in [6.07, 6.45) is 3.50. The molecule has 98 valence electrons. The van der Waals surface area contributed by atoms with E-state index in [1.54, 1.807) is 24.4 Å². The van der Waals surface area contributed by atoms with E-state index in [-0.39, 0.29) is 11.8 Å². The Kier molecular flexibility index (Phi) is 4.71. The zero-order valence-electron chi connectivity index (χ0n) is 11.1. The maximum Gasteiger partial charge on any atom is 0.276 e. The van der Waals surface area contributed by atoms with Crippen LogP contribution in [0.15, 0.2) is 24.4 Å². The first kappa shape index (κ1) is 14.0. The summed E-state index contributed by atoms with van der Waals surface area (Å²) in [6.45, 7) is 3.83. The molecule has 0 radical (unpaired) electrons. The molecule has 0 bridgehead atoms. The fourth-order valence-electron chi connectivity index (χ4n) is 1.41. The third kappa shape index (κ3) is 4.08. The van der Waals surface area contributed by atoms with E-state index in [9.17, 15) is 10.1 Å². The Morgan fingerprint density at radius 1 is 1.39 bits per heavy atom. The molecule has 1 rings (SSSR count). The number of nitro groups is 1. The van der Waals surface area contributed by atoms with Gasteiger partial charge in [-0.15, -0.1) is 0 Å². The van der Waals surface area contributed by atoms with Crippen molar-refractivity contribution in [1.29, 1.82) is 0 Å². The summed E-state index contributed by atoms with van der Waals surface area (Å²) in [5.74, 6) is 0.633. The van der Waals surface area contributed by atoms with Gasteiger partial charge in [0, 0.05) is 20.2 Å². The van der Waals surface area contributed by atoms with E-state index in [2.05, 4.69) is 0 Å². The van der Waals surface area contributed by atoms with Crippen LogP contribution < -0.4 is 4.74 Å². The molecule has 0 fully saturated rings. The number of hydrogen-bond donors (Lipinski definition) is 0. The Hall–Kier alpha value is -2.04. The first-order valence-corrected chi connectivity index (χ1v) is 5.70. The van der Waals surface area contributed by atoms with E-state index in [1.807, 2.05) is 32.8 Å². The summed E-state index contributed by atoms with van der Waals surface area (Å²) >= 11 is 0. The van der Waals surface area contributed by atoms with Crippen LogP contribution in [-0.2, 0) is 0 Å². The average Bonchev–Trinajstić information content (AvgIpc) is 2.25. The van der Waals surface area contributed by atoms with Gasteiger partial charge in [0.1, 0.15) is 5.75 Å². The van der Waals surface area contributed by atoms with E-state index in [1.165, 1.54) is 6.07 Å². The van der Waals surface area contributed by atoms with Gasteiger partial charge in [-0.3, -0.25) is 10.1 Å². The summed E-state index contributed by atoms with van der Waals surface area (Å²) in [4.78, 5) is 12.3. The Balaban J connectivity index is 3.11. The van der Waals surface area contributed by atoms with Gasteiger partial charge in [0.2, 0.25) is 0 Å². The number of benzene rings is 1. The zero-order chi connectivity index (χ0) is 13.7. The smallest absolute Gasteiger partial charge is 0.276 e. The molecule has 0 amide bonds. The monoisotopic (exact) mass is 250 g/mol. The maximum atomic E-state index is 10.9. The third-order valence-electron chi connectivity index (χ3n) is 2.12. The second kappa shape index (κ2) is 6.05. The fourth-order valence-corrected chi connectivity index (χ4v) is 1.41. The van der Waals surface area contributed by atoms with Crippen LogP contribution in [0.1, 0.15) is 19.4 Å². The molecule has 0 spiro atoms. The van der Waals surface area contributed by atoms with Gasteiger partial charge in [-0.1, -0.05) is 0 Å². The zero-order valence-corrected chi connectivity index (χ0v) is 11.1. The van der Waals surface area contributed by atoms with Gasteiger partial charge in [0.15, 0.2) is 0 Å². The Morgan fingerprint density at radius 3 is 2.56 bits per heavy atom. The second-order valence-electron chi connectivity index (χ2n) is 4.42. The number of rotatable bonds is 5. The van der Waals surface area contributed by atoms with E-state index in [4.69, 9.17) is 4.74 Å². The SMILES string of the molecule is CC(C)Oc1ccc([N+](=O)[O-])c(/C=C/N(C)C)c1. The quantitative estimate of drug-likeness (QED) is 0.595. The lowest BCUT2D eigenvalue weighted by Crippen LogP contribution is -2.06. The lowest BCUT2D eigenvalue weighted by Gasteiger charge is -2.10. The normalized spacial score (nSPS) is 10.9. The van der Waals surface area contributed by atoms with Crippen molar-refractivity contribution in [2.75, 3.05) is 14.1 Å². The van der Waals surface area contributed by atoms with Crippen LogP contribution >= 0.6 is 0 Å². The molecular weight excluding hydrogens is 232 g/mol. The van der Waals surface area contributed by atoms with Crippen LogP contribution in [0.2, 0.25) is 0 Å². The summed E-state index contributed by atoms with van der Waals surface area (Å²) in [6, 6.07) is 4.76. The molecule has 5 heteroatoms. The van der Waals surface area contributed by atoms with E-state index in [0.717, 1.165) is 0 Å². The first-order valence-electron chi connectivity index (χ1n) is 5.70. The van der Waals surface area contributed by atoms with Crippen molar-refractivity contribution < 1.29 is 9.66 Å². The highest BCUT2D eigenvalue weighted by atomic mass is 16.6. The largest absolute Gasteiger partial charge is 0.491 e. The van der Waals surface area contributed by atoms with Gasteiger partial charge >= 0.3 is 0 Å². The summed E-state index contributed by atoms with van der Waals surface area (Å²) in [5.41, 5.74) is 0.607. The molecule has 0 heterocycles. The highest BCUT2D eigenvalue weighted by molar-refractivity contribution is 5.62. The molecular formula is C13H18N2O3. The van der Waals surface area contributed by atoms with Gasteiger partial charge < -0.3 is 9.64 Å². The minimum absolute atomic E-state index is 0.0390. The number of ether oxygens (including phenoxy) is 1. The minimum Gasteiger partial charge on any atom is -0.491 e.